The summed E-state index contributed by atoms with van der Waals surface area (Å²) < 4.78 is 7.80. The van der Waals surface area contributed by atoms with Crippen LogP contribution in [0.2, 0.25) is 0 Å². The number of ether oxygens (including phenoxy) is 1. The molecule has 0 bridgehead atoms. The quantitative estimate of drug-likeness (QED) is 0.871. The van der Waals surface area contributed by atoms with Crippen LogP contribution in [0.15, 0.2) is 6.07 Å². The fraction of sp³-hybridized carbons (Fsp3) is 0.750. The third kappa shape index (κ3) is 3.24. The largest absolute Gasteiger partial charge is 0.375 e. The van der Waals surface area contributed by atoms with E-state index in [9.17, 15) is 0 Å². The van der Waals surface area contributed by atoms with Gasteiger partial charge in [0.1, 0.15) is 0 Å². The number of thioether (sulfide) groups is 1. The Morgan fingerprint density at radius 2 is 2.53 bits per heavy atom. The van der Waals surface area contributed by atoms with Crippen molar-refractivity contribution in [2.45, 2.75) is 25.5 Å². The lowest BCUT2D eigenvalue weighted by molar-refractivity contribution is 0.0487. The summed E-state index contributed by atoms with van der Waals surface area (Å²) in [7, 11) is 4.02. The van der Waals surface area contributed by atoms with E-state index < -0.39 is 0 Å². The van der Waals surface area contributed by atoms with Gasteiger partial charge in [0.15, 0.2) is 0 Å². The fourth-order valence-corrected chi connectivity index (χ4v) is 3.18. The molecular weight excluding hydrogens is 234 g/mol. The van der Waals surface area contributed by atoms with Gasteiger partial charge in [0.05, 0.1) is 18.4 Å². The van der Waals surface area contributed by atoms with Crippen molar-refractivity contribution in [2.24, 2.45) is 7.05 Å². The second-order valence-corrected chi connectivity index (χ2v) is 5.63. The summed E-state index contributed by atoms with van der Waals surface area (Å²) in [5, 5.41) is 7.76. The Hall–Kier alpha value is -0.520. The highest BCUT2D eigenvalue weighted by Gasteiger charge is 2.24. The van der Waals surface area contributed by atoms with Gasteiger partial charge in [-0.15, -0.1) is 0 Å². The maximum atomic E-state index is 5.84. The molecule has 1 saturated heterocycles. The molecule has 0 saturated carbocycles. The number of hydrogen-bond acceptors (Lipinski definition) is 4. The first-order chi connectivity index (χ1) is 8.20. The van der Waals surface area contributed by atoms with Crippen molar-refractivity contribution in [1.82, 2.24) is 15.1 Å². The summed E-state index contributed by atoms with van der Waals surface area (Å²) in [6.45, 7) is 2.91. The van der Waals surface area contributed by atoms with Crippen LogP contribution >= 0.6 is 11.8 Å². The predicted molar refractivity (Wildman–Crippen MR) is 71.6 cm³/mol. The summed E-state index contributed by atoms with van der Waals surface area (Å²) in [5.41, 5.74) is 2.34. The summed E-state index contributed by atoms with van der Waals surface area (Å²) >= 11 is 1.98. The fourth-order valence-electron chi connectivity index (χ4n) is 2.24. The molecular formula is C12H21N3OS. The molecule has 2 atom stereocenters. The van der Waals surface area contributed by atoms with E-state index in [1.165, 1.54) is 5.69 Å². The third-order valence-corrected chi connectivity index (χ3v) is 4.21. The highest BCUT2D eigenvalue weighted by molar-refractivity contribution is 7.99. The van der Waals surface area contributed by atoms with Crippen LogP contribution in [0.25, 0.3) is 0 Å². The minimum absolute atomic E-state index is 0.314. The van der Waals surface area contributed by atoms with Gasteiger partial charge in [-0.3, -0.25) is 4.68 Å². The first-order valence-electron chi connectivity index (χ1n) is 6.07. The molecule has 2 heterocycles. The second kappa shape index (κ2) is 5.89. The van der Waals surface area contributed by atoms with Crippen molar-refractivity contribution in [3.05, 3.63) is 17.5 Å². The van der Waals surface area contributed by atoms with Crippen molar-refractivity contribution in [1.29, 1.82) is 0 Å². The SMILES string of the molecule is CNC(Cc1cc(C)nn1C)C1CSCCO1. The molecule has 96 valence electrons. The number of aryl methyl sites for hydroxylation is 2. The van der Waals surface area contributed by atoms with Crippen LogP contribution < -0.4 is 5.32 Å². The molecule has 5 heteroatoms. The normalized spacial score (nSPS) is 22.6. The Kier molecular flexibility index (Phi) is 4.48. The predicted octanol–water partition coefficient (Wildman–Crippen LogP) is 0.991. The minimum Gasteiger partial charge on any atom is -0.375 e. The van der Waals surface area contributed by atoms with Crippen LogP contribution in [-0.4, -0.2) is 47.1 Å². The van der Waals surface area contributed by atoms with Gasteiger partial charge in [0.2, 0.25) is 0 Å². The second-order valence-electron chi connectivity index (χ2n) is 4.48. The van der Waals surface area contributed by atoms with Gasteiger partial charge in [-0.1, -0.05) is 0 Å². The average Bonchev–Trinajstić information content (AvgIpc) is 2.66. The first-order valence-corrected chi connectivity index (χ1v) is 7.22. The zero-order valence-corrected chi connectivity index (χ0v) is 11.6. The first kappa shape index (κ1) is 12.9. The molecule has 2 unspecified atom stereocenters. The Labute approximate surface area is 107 Å². The van der Waals surface area contributed by atoms with Gasteiger partial charge >= 0.3 is 0 Å². The molecule has 1 aliphatic rings. The highest BCUT2D eigenvalue weighted by Crippen LogP contribution is 2.18. The molecule has 0 aliphatic carbocycles. The monoisotopic (exact) mass is 255 g/mol. The topological polar surface area (TPSA) is 39.1 Å². The Morgan fingerprint density at radius 3 is 3.06 bits per heavy atom. The third-order valence-electron chi connectivity index (χ3n) is 3.19. The summed E-state index contributed by atoms with van der Waals surface area (Å²) in [5.74, 6) is 2.21. The van der Waals surface area contributed by atoms with E-state index in [-0.39, 0.29) is 0 Å². The Balaban J connectivity index is 2.01. The maximum absolute atomic E-state index is 5.84. The summed E-state index contributed by atoms with van der Waals surface area (Å²) in [6, 6.07) is 2.53. The Morgan fingerprint density at radius 1 is 1.71 bits per heavy atom. The van der Waals surface area contributed by atoms with E-state index in [1.807, 2.05) is 37.5 Å². The smallest absolute Gasteiger partial charge is 0.0822 e. The average molecular weight is 255 g/mol. The van der Waals surface area contributed by atoms with Crippen molar-refractivity contribution < 1.29 is 4.74 Å². The summed E-state index contributed by atoms with van der Waals surface area (Å²) in [6.07, 6.45) is 1.29. The summed E-state index contributed by atoms with van der Waals surface area (Å²) in [4.78, 5) is 0. The molecule has 2 rings (SSSR count). The number of rotatable bonds is 4. The molecule has 0 spiro atoms. The van der Waals surface area contributed by atoms with Crippen LogP contribution in [0.1, 0.15) is 11.4 Å². The van der Waals surface area contributed by atoms with Crippen molar-refractivity contribution in [3.63, 3.8) is 0 Å². The van der Waals surface area contributed by atoms with E-state index in [2.05, 4.69) is 16.5 Å². The number of aromatic nitrogens is 2. The molecule has 0 amide bonds. The van der Waals surface area contributed by atoms with Gasteiger partial charge in [-0.25, -0.2) is 0 Å². The molecule has 1 fully saturated rings. The van der Waals surface area contributed by atoms with Gasteiger partial charge < -0.3 is 10.1 Å². The number of nitrogens with zero attached hydrogens (tertiary/aromatic N) is 2. The van der Waals surface area contributed by atoms with E-state index >= 15 is 0 Å². The molecule has 1 N–H and O–H groups in total. The zero-order chi connectivity index (χ0) is 12.3. The van der Waals surface area contributed by atoms with Crippen molar-refractivity contribution in [2.75, 3.05) is 25.2 Å². The van der Waals surface area contributed by atoms with E-state index in [4.69, 9.17) is 4.74 Å². The van der Waals surface area contributed by atoms with Gasteiger partial charge in [0, 0.05) is 36.7 Å². The standard InChI is InChI=1S/C12H21N3OS/c1-9-6-10(15(3)14-9)7-11(13-2)12-8-17-5-4-16-12/h6,11-13H,4-5,7-8H2,1-3H3. The zero-order valence-electron chi connectivity index (χ0n) is 10.8. The number of hydrogen-bond donors (Lipinski definition) is 1. The lowest BCUT2D eigenvalue weighted by Gasteiger charge is -2.30. The molecule has 0 aromatic carbocycles. The molecule has 0 radical (unpaired) electrons. The van der Waals surface area contributed by atoms with Crippen molar-refractivity contribution in [3.8, 4) is 0 Å². The van der Waals surface area contributed by atoms with Crippen LogP contribution in [0.3, 0.4) is 0 Å². The highest BCUT2D eigenvalue weighted by atomic mass is 32.2. The lowest BCUT2D eigenvalue weighted by atomic mass is 10.1. The van der Waals surface area contributed by atoms with E-state index in [0.29, 0.717) is 12.1 Å². The van der Waals surface area contributed by atoms with Crippen LogP contribution in [-0.2, 0) is 18.2 Å². The maximum Gasteiger partial charge on any atom is 0.0822 e. The molecule has 1 aromatic heterocycles. The van der Waals surface area contributed by atoms with E-state index in [0.717, 1.165) is 30.2 Å². The lowest BCUT2D eigenvalue weighted by Crippen LogP contribution is -2.44. The minimum atomic E-state index is 0.314. The van der Waals surface area contributed by atoms with Gasteiger partial charge in [-0.05, 0) is 20.0 Å². The molecule has 17 heavy (non-hydrogen) atoms. The van der Waals surface area contributed by atoms with Crippen LogP contribution in [0.4, 0.5) is 0 Å². The van der Waals surface area contributed by atoms with Crippen molar-refractivity contribution >= 4 is 11.8 Å². The molecule has 1 aromatic rings. The Bertz CT molecular complexity index is 361. The molecule has 1 aliphatic heterocycles. The number of nitrogens with one attached hydrogen (secondary N) is 1. The van der Waals surface area contributed by atoms with Gasteiger partial charge in [0.25, 0.3) is 0 Å². The van der Waals surface area contributed by atoms with Crippen LogP contribution in [0, 0.1) is 6.92 Å². The van der Waals surface area contributed by atoms with E-state index in [1.54, 1.807) is 0 Å². The number of likely N-dealkylation sites (N-methyl/N-ethyl adjacent to an activating group) is 1. The molecule has 4 nitrogen and oxygen atoms in total. The van der Waals surface area contributed by atoms with Crippen LogP contribution in [0.5, 0.6) is 0 Å². The van der Waals surface area contributed by atoms with Gasteiger partial charge in [-0.2, -0.15) is 16.9 Å².